The summed E-state index contributed by atoms with van der Waals surface area (Å²) in [5.74, 6) is 1.40. The molecule has 1 aromatic carbocycles. The van der Waals surface area contributed by atoms with Crippen LogP contribution >= 0.6 is 0 Å². The molecule has 0 atom stereocenters. The highest BCUT2D eigenvalue weighted by molar-refractivity contribution is 5.92. The van der Waals surface area contributed by atoms with Crippen LogP contribution in [0.2, 0.25) is 0 Å². The van der Waals surface area contributed by atoms with Gasteiger partial charge >= 0.3 is 5.69 Å². The van der Waals surface area contributed by atoms with Crippen molar-refractivity contribution >= 4 is 22.6 Å². The summed E-state index contributed by atoms with van der Waals surface area (Å²) in [5.41, 5.74) is 2.18. The highest BCUT2D eigenvalue weighted by Crippen LogP contribution is 2.18. The molecule has 0 bridgehead atoms. The first-order valence-corrected chi connectivity index (χ1v) is 10.9. The van der Waals surface area contributed by atoms with Gasteiger partial charge in [0.1, 0.15) is 18.2 Å². The number of aromatic nitrogens is 5. The van der Waals surface area contributed by atoms with Crippen molar-refractivity contribution in [3.63, 3.8) is 0 Å². The lowest BCUT2D eigenvalue weighted by Gasteiger charge is -2.25. The minimum Gasteiger partial charge on any atom is -0.379 e. The van der Waals surface area contributed by atoms with Crippen molar-refractivity contribution in [2.45, 2.75) is 45.3 Å². The van der Waals surface area contributed by atoms with Crippen LogP contribution in [0.25, 0.3) is 11.0 Å². The fourth-order valence-corrected chi connectivity index (χ4v) is 4.25. The van der Waals surface area contributed by atoms with Crippen LogP contribution < -0.4 is 11.0 Å². The van der Waals surface area contributed by atoms with Crippen LogP contribution in [0.3, 0.4) is 0 Å². The Kier molecular flexibility index (Phi) is 5.56. The number of ether oxygens (including phenoxy) is 1. The predicted octanol–water partition coefficient (Wildman–Crippen LogP) is 1.12. The molecule has 1 amide bonds. The second kappa shape index (κ2) is 8.64. The molecule has 2 aliphatic rings. The molecule has 4 heterocycles. The van der Waals surface area contributed by atoms with E-state index in [0.29, 0.717) is 12.2 Å². The highest BCUT2D eigenvalue weighted by atomic mass is 16.5. The number of benzene rings is 1. The van der Waals surface area contributed by atoms with E-state index in [1.54, 1.807) is 4.57 Å². The van der Waals surface area contributed by atoms with Crippen LogP contribution in [0.1, 0.15) is 30.9 Å². The van der Waals surface area contributed by atoms with Crippen molar-refractivity contribution in [1.29, 1.82) is 0 Å². The first-order valence-electron chi connectivity index (χ1n) is 10.9. The Hall–Kier alpha value is -2.98. The van der Waals surface area contributed by atoms with E-state index < -0.39 is 0 Å². The molecule has 2 aromatic heterocycles. The van der Waals surface area contributed by atoms with E-state index in [0.717, 1.165) is 81.2 Å². The molecule has 2 N–H and O–H groups in total. The Morgan fingerprint density at radius 2 is 2.03 bits per heavy atom. The van der Waals surface area contributed by atoms with Crippen molar-refractivity contribution in [3.8, 4) is 0 Å². The number of morpholine rings is 1. The van der Waals surface area contributed by atoms with E-state index in [2.05, 4.69) is 25.3 Å². The van der Waals surface area contributed by atoms with Crippen LogP contribution in [0.15, 0.2) is 23.0 Å². The molecule has 1 fully saturated rings. The van der Waals surface area contributed by atoms with E-state index >= 15 is 0 Å². The first kappa shape index (κ1) is 20.0. The minimum absolute atomic E-state index is 0.0951. The number of aryl methyl sites for hydroxylation is 1. The number of carbonyl (C=O) groups excluding carboxylic acids is 1. The van der Waals surface area contributed by atoms with E-state index in [4.69, 9.17) is 4.74 Å². The van der Waals surface area contributed by atoms with E-state index in [9.17, 15) is 9.59 Å². The average molecular weight is 425 g/mol. The van der Waals surface area contributed by atoms with E-state index in [1.807, 2.05) is 18.2 Å². The summed E-state index contributed by atoms with van der Waals surface area (Å²) in [7, 11) is 0. The van der Waals surface area contributed by atoms with Crippen molar-refractivity contribution in [1.82, 2.24) is 29.2 Å². The number of amides is 1. The Balaban J connectivity index is 1.26. The van der Waals surface area contributed by atoms with Crippen molar-refractivity contribution in [3.05, 3.63) is 40.3 Å². The predicted molar refractivity (Wildman–Crippen MR) is 115 cm³/mol. The molecular formula is C21H27N7O3. The Labute approximate surface area is 179 Å². The molecule has 2 aliphatic heterocycles. The lowest BCUT2D eigenvalue weighted by Crippen LogP contribution is -2.35. The number of carbonyl (C=O) groups is 1. The van der Waals surface area contributed by atoms with E-state index in [1.165, 1.54) is 4.68 Å². The number of fused-ring (bicyclic) bond motifs is 2. The van der Waals surface area contributed by atoms with Crippen LogP contribution in [-0.2, 0) is 35.6 Å². The van der Waals surface area contributed by atoms with Crippen LogP contribution in [0.5, 0.6) is 0 Å². The second-order valence-electron chi connectivity index (χ2n) is 8.17. The number of rotatable bonds is 5. The summed E-state index contributed by atoms with van der Waals surface area (Å²) in [6, 6.07) is 5.58. The smallest absolute Gasteiger partial charge is 0.346 e. The van der Waals surface area contributed by atoms with Crippen molar-refractivity contribution in [2.24, 2.45) is 0 Å². The van der Waals surface area contributed by atoms with Crippen LogP contribution in [0.4, 0.5) is 5.69 Å². The third-order valence-corrected chi connectivity index (χ3v) is 5.87. The number of hydrogen-bond donors (Lipinski definition) is 2. The number of nitrogens with zero attached hydrogens (tertiary/aromatic N) is 5. The average Bonchev–Trinajstić information content (AvgIpc) is 3.18. The molecule has 1 saturated heterocycles. The Bertz CT molecular complexity index is 1140. The van der Waals surface area contributed by atoms with Gasteiger partial charge < -0.3 is 15.0 Å². The molecule has 0 unspecified atom stereocenters. The maximum Gasteiger partial charge on any atom is 0.346 e. The van der Waals surface area contributed by atoms with Gasteiger partial charge in [-0.15, -0.1) is 0 Å². The summed E-state index contributed by atoms with van der Waals surface area (Å²) < 4.78 is 8.36. The molecule has 5 rings (SSSR count). The molecule has 0 radical (unpaired) electrons. The first-order chi connectivity index (χ1) is 15.2. The van der Waals surface area contributed by atoms with E-state index in [-0.39, 0.29) is 18.1 Å². The number of imidazole rings is 1. The topological polar surface area (TPSA) is 110 Å². The van der Waals surface area contributed by atoms with Crippen LogP contribution in [-0.4, -0.2) is 61.4 Å². The summed E-state index contributed by atoms with van der Waals surface area (Å²) in [4.78, 5) is 35.4. The molecule has 0 spiro atoms. The lowest BCUT2D eigenvalue weighted by molar-refractivity contribution is -0.117. The summed E-state index contributed by atoms with van der Waals surface area (Å²) in [5, 5.41) is 7.25. The van der Waals surface area contributed by atoms with Crippen LogP contribution in [0, 0.1) is 0 Å². The standard InChI is InChI=1S/C21H27N7O3/c29-20(14-28-21(30)27-7-3-1-2-4-19(27)25-28)22-15-5-6-16-17(12-15)24-18(23-16)13-26-8-10-31-11-9-26/h5-6,12H,1-4,7-11,13-14H2,(H,22,29)(H,23,24). The monoisotopic (exact) mass is 425 g/mol. The minimum atomic E-state index is -0.275. The van der Waals surface area contributed by atoms with Gasteiger partial charge in [0.2, 0.25) is 5.91 Å². The summed E-state index contributed by atoms with van der Waals surface area (Å²) in [6.07, 6.45) is 3.89. The zero-order valence-electron chi connectivity index (χ0n) is 17.5. The lowest BCUT2D eigenvalue weighted by atomic mass is 10.2. The molecule has 164 valence electrons. The number of H-pyrrole nitrogens is 1. The van der Waals surface area contributed by atoms with Crippen molar-refractivity contribution < 1.29 is 9.53 Å². The fraction of sp³-hybridized carbons (Fsp3) is 0.524. The van der Waals surface area contributed by atoms with Gasteiger partial charge in [-0.05, 0) is 31.0 Å². The molecule has 0 saturated carbocycles. The van der Waals surface area contributed by atoms with Gasteiger partial charge in [0.15, 0.2) is 0 Å². The molecule has 10 nitrogen and oxygen atoms in total. The van der Waals surface area contributed by atoms with Gasteiger partial charge in [-0.25, -0.2) is 14.5 Å². The van der Waals surface area contributed by atoms with Crippen molar-refractivity contribution in [2.75, 3.05) is 31.6 Å². The van der Waals surface area contributed by atoms with Gasteiger partial charge in [0.05, 0.1) is 30.8 Å². The summed E-state index contributed by atoms with van der Waals surface area (Å²) in [6.45, 7) is 4.62. The molecule has 0 aliphatic carbocycles. The Morgan fingerprint density at radius 3 is 2.90 bits per heavy atom. The molecular weight excluding hydrogens is 398 g/mol. The number of hydrogen-bond acceptors (Lipinski definition) is 6. The third kappa shape index (κ3) is 4.40. The fourth-order valence-electron chi connectivity index (χ4n) is 4.25. The third-order valence-electron chi connectivity index (χ3n) is 5.87. The van der Waals surface area contributed by atoms with Gasteiger partial charge in [-0.1, -0.05) is 6.42 Å². The zero-order valence-corrected chi connectivity index (χ0v) is 17.5. The maximum atomic E-state index is 12.6. The number of nitrogens with one attached hydrogen (secondary N) is 2. The largest absolute Gasteiger partial charge is 0.379 e. The quantitative estimate of drug-likeness (QED) is 0.634. The normalized spacial score (nSPS) is 17.4. The molecule has 3 aromatic rings. The van der Waals surface area contributed by atoms with Gasteiger partial charge in [-0.2, -0.15) is 5.10 Å². The molecule has 10 heteroatoms. The summed E-state index contributed by atoms with van der Waals surface area (Å²) >= 11 is 0. The second-order valence-corrected chi connectivity index (χ2v) is 8.17. The van der Waals surface area contributed by atoms with Gasteiger partial charge in [0.25, 0.3) is 0 Å². The highest BCUT2D eigenvalue weighted by Gasteiger charge is 2.18. The van der Waals surface area contributed by atoms with Gasteiger partial charge in [-0.3, -0.25) is 14.3 Å². The van der Waals surface area contributed by atoms with Gasteiger partial charge in [0, 0.05) is 31.7 Å². The zero-order chi connectivity index (χ0) is 21.2. The maximum absolute atomic E-state index is 12.6. The number of anilines is 1. The molecule has 31 heavy (non-hydrogen) atoms. The number of aromatic amines is 1. The SMILES string of the molecule is O=C(Cn1nc2n(c1=O)CCCCC2)Nc1ccc2nc(CN3CCOCC3)[nH]c2c1. The Morgan fingerprint density at radius 1 is 1.16 bits per heavy atom.